The van der Waals surface area contributed by atoms with E-state index in [1.807, 2.05) is 0 Å². The Hall–Kier alpha value is -0.610. The van der Waals surface area contributed by atoms with E-state index in [2.05, 4.69) is 19.2 Å². The number of hydrogen-bond acceptors (Lipinski definition) is 3. The minimum Gasteiger partial charge on any atom is -0.396 e. The maximum absolute atomic E-state index is 11.3. The molecule has 0 aromatic carbocycles. The molecule has 1 fully saturated rings. The number of carbonyl (C=O) groups excluding carboxylic acids is 1. The number of ether oxygens (including phenoxy) is 1. The molecule has 4 nitrogen and oxygen atoms in total. The van der Waals surface area contributed by atoms with Gasteiger partial charge in [0.05, 0.1) is 6.61 Å². The Kier molecular flexibility index (Phi) is 5.22. The van der Waals surface area contributed by atoms with E-state index >= 15 is 0 Å². The molecule has 0 aliphatic carbocycles. The monoisotopic (exact) mass is 229 g/mol. The fourth-order valence-electron chi connectivity index (χ4n) is 2.14. The zero-order chi connectivity index (χ0) is 12.0. The Morgan fingerprint density at radius 2 is 2.06 bits per heavy atom. The van der Waals surface area contributed by atoms with Crippen LogP contribution in [0.3, 0.4) is 0 Å². The maximum atomic E-state index is 11.3. The summed E-state index contributed by atoms with van der Waals surface area (Å²) in [5.74, 6) is 0.540. The van der Waals surface area contributed by atoms with E-state index in [1.165, 1.54) is 0 Å². The molecule has 16 heavy (non-hydrogen) atoms. The van der Waals surface area contributed by atoms with Crippen LogP contribution < -0.4 is 5.32 Å². The van der Waals surface area contributed by atoms with Crippen molar-refractivity contribution in [2.24, 2.45) is 11.3 Å². The average Bonchev–Trinajstić information content (AvgIpc) is 2.28. The third kappa shape index (κ3) is 4.10. The first kappa shape index (κ1) is 13.5. The minimum absolute atomic E-state index is 0.0670. The molecule has 1 amide bonds. The fraction of sp³-hybridized carbons (Fsp3) is 0.917. The second kappa shape index (κ2) is 6.21. The van der Waals surface area contributed by atoms with Crippen LogP contribution in [-0.2, 0) is 9.53 Å². The predicted octanol–water partition coefficient (Wildman–Crippen LogP) is 0.938. The number of nitrogens with one attached hydrogen (secondary N) is 1. The van der Waals surface area contributed by atoms with E-state index < -0.39 is 0 Å². The van der Waals surface area contributed by atoms with Gasteiger partial charge in [-0.1, -0.05) is 13.8 Å². The van der Waals surface area contributed by atoms with Crippen LogP contribution in [0.2, 0.25) is 0 Å². The van der Waals surface area contributed by atoms with Crippen LogP contribution in [0.25, 0.3) is 0 Å². The summed E-state index contributed by atoms with van der Waals surface area (Å²) in [6, 6.07) is 0. The third-order valence-electron chi connectivity index (χ3n) is 3.41. The van der Waals surface area contributed by atoms with Gasteiger partial charge < -0.3 is 15.2 Å². The Balaban J connectivity index is 2.34. The van der Waals surface area contributed by atoms with Gasteiger partial charge >= 0.3 is 0 Å². The molecule has 0 radical (unpaired) electrons. The van der Waals surface area contributed by atoms with Crippen LogP contribution in [0, 0.1) is 11.3 Å². The molecule has 1 heterocycles. The van der Waals surface area contributed by atoms with Crippen LogP contribution in [0.1, 0.15) is 33.1 Å². The van der Waals surface area contributed by atoms with Gasteiger partial charge in [0, 0.05) is 26.2 Å². The first-order valence-corrected chi connectivity index (χ1v) is 6.01. The normalized spacial score (nSPS) is 18.4. The quantitative estimate of drug-likeness (QED) is 0.737. The molecule has 2 N–H and O–H groups in total. The molecule has 0 bridgehead atoms. The highest BCUT2D eigenvalue weighted by molar-refractivity contribution is 5.75. The van der Waals surface area contributed by atoms with Crippen molar-refractivity contribution in [2.75, 3.05) is 26.4 Å². The third-order valence-corrected chi connectivity index (χ3v) is 3.41. The maximum Gasteiger partial charge on any atom is 0.222 e. The van der Waals surface area contributed by atoms with E-state index in [-0.39, 0.29) is 24.3 Å². The van der Waals surface area contributed by atoms with E-state index in [0.29, 0.717) is 12.5 Å². The van der Waals surface area contributed by atoms with Gasteiger partial charge in [0.1, 0.15) is 0 Å². The molecule has 1 rings (SSSR count). The Morgan fingerprint density at radius 1 is 1.44 bits per heavy atom. The second-order valence-electron chi connectivity index (χ2n) is 5.13. The lowest BCUT2D eigenvalue weighted by Gasteiger charge is -2.37. The standard InChI is InChI=1S/C12H23NO3/c1-12(2,9-13-11(15)3-6-14)10-4-7-16-8-5-10/h10,14H,3-9H2,1-2H3,(H,13,15). The van der Waals surface area contributed by atoms with Crippen LogP contribution in [0.5, 0.6) is 0 Å². The molecule has 94 valence electrons. The molecular formula is C12H23NO3. The molecule has 1 aliphatic heterocycles. The SMILES string of the molecule is CC(C)(CNC(=O)CCO)C1CCOCC1. The average molecular weight is 229 g/mol. The molecule has 0 aromatic heterocycles. The number of carbonyl (C=O) groups is 1. The van der Waals surface area contributed by atoms with Gasteiger partial charge in [0.2, 0.25) is 5.91 Å². The molecule has 0 saturated carbocycles. The van der Waals surface area contributed by atoms with Gasteiger partial charge in [-0.05, 0) is 24.2 Å². The summed E-state index contributed by atoms with van der Waals surface area (Å²) < 4.78 is 5.34. The van der Waals surface area contributed by atoms with Gasteiger partial charge in [-0.3, -0.25) is 4.79 Å². The second-order valence-corrected chi connectivity index (χ2v) is 5.13. The smallest absolute Gasteiger partial charge is 0.222 e. The van der Waals surface area contributed by atoms with Gasteiger partial charge in [-0.2, -0.15) is 0 Å². The highest BCUT2D eigenvalue weighted by atomic mass is 16.5. The van der Waals surface area contributed by atoms with Crippen LogP contribution in [-0.4, -0.2) is 37.4 Å². The molecule has 1 saturated heterocycles. The van der Waals surface area contributed by atoms with Crippen molar-refractivity contribution >= 4 is 5.91 Å². The highest BCUT2D eigenvalue weighted by Crippen LogP contribution is 2.33. The summed E-state index contributed by atoms with van der Waals surface area (Å²) in [5.41, 5.74) is 0.106. The number of hydrogen-bond donors (Lipinski definition) is 2. The first-order chi connectivity index (χ1) is 7.56. The van der Waals surface area contributed by atoms with Gasteiger partial charge in [-0.25, -0.2) is 0 Å². The Morgan fingerprint density at radius 3 is 2.62 bits per heavy atom. The largest absolute Gasteiger partial charge is 0.396 e. The summed E-state index contributed by atoms with van der Waals surface area (Å²) in [5, 5.41) is 11.5. The highest BCUT2D eigenvalue weighted by Gasteiger charge is 2.31. The zero-order valence-corrected chi connectivity index (χ0v) is 10.3. The van der Waals surface area contributed by atoms with Gasteiger partial charge in [0.25, 0.3) is 0 Å². The molecule has 1 aliphatic rings. The lowest BCUT2D eigenvalue weighted by Crippen LogP contribution is -2.40. The molecule has 0 unspecified atom stereocenters. The zero-order valence-electron chi connectivity index (χ0n) is 10.3. The van der Waals surface area contributed by atoms with Crippen molar-refractivity contribution in [1.82, 2.24) is 5.32 Å². The summed E-state index contributed by atoms with van der Waals surface area (Å²) in [4.78, 5) is 11.3. The van der Waals surface area contributed by atoms with Gasteiger partial charge in [0.15, 0.2) is 0 Å². The number of amides is 1. The summed E-state index contributed by atoms with van der Waals surface area (Å²) >= 11 is 0. The molecule has 0 spiro atoms. The van der Waals surface area contributed by atoms with E-state index in [0.717, 1.165) is 26.1 Å². The summed E-state index contributed by atoms with van der Waals surface area (Å²) in [6.45, 7) is 6.63. The predicted molar refractivity (Wildman–Crippen MR) is 62.0 cm³/mol. The Bertz CT molecular complexity index is 222. The lowest BCUT2D eigenvalue weighted by atomic mass is 9.74. The minimum atomic E-state index is -0.0798. The van der Waals surface area contributed by atoms with Crippen molar-refractivity contribution in [3.05, 3.63) is 0 Å². The molecule has 0 aromatic rings. The van der Waals surface area contributed by atoms with E-state index in [4.69, 9.17) is 9.84 Å². The lowest BCUT2D eigenvalue weighted by molar-refractivity contribution is -0.122. The Labute approximate surface area is 97.4 Å². The number of aliphatic hydroxyl groups is 1. The van der Waals surface area contributed by atoms with E-state index in [1.54, 1.807) is 0 Å². The number of aliphatic hydroxyl groups excluding tert-OH is 1. The molecular weight excluding hydrogens is 206 g/mol. The van der Waals surface area contributed by atoms with Gasteiger partial charge in [-0.15, -0.1) is 0 Å². The van der Waals surface area contributed by atoms with Crippen LogP contribution >= 0.6 is 0 Å². The van der Waals surface area contributed by atoms with Crippen molar-refractivity contribution in [2.45, 2.75) is 33.1 Å². The molecule has 4 heteroatoms. The van der Waals surface area contributed by atoms with Crippen LogP contribution in [0.4, 0.5) is 0 Å². The van der Waals surface area contributed by atoms with Crippen molar-refractivity contribution in [1.29, 1.82) is 0 Å². The van der Waals surface area contributed by atoms with Crippen molar-refractivity contribution in [3.63, 3.8) is 0 Å². The van der Waals surface area contributed by atoms with Crippen LogP contribution in [0.15, 0.2) is 0 Å². The first-order valence-electron chi connectivity index (χ1n) is 6.01. The van der Waals surface area contributed by atoms with Crippen molar-refractivity contribution < 1.29 is 14.6 Å². The number of rotatable bonds is 5. The topological polar surface area (TPSA) is 58.6 Å². The summed E-state index contributed by atoms with van der Waals surface area (Å²) in [7, 11) is 0. The summed E-state index contributed by atoms with van der Waals surface area (Å²) in [6.07, 6.45) is 2.34. The fourth-order valence-corrected chi connectivity index (χ4v) is 2.14. The molecule has 0 atom stereocenters. The van der Waals surface area contributed by atoms with Crippen molar-refractivity contribution in [3.8, 4) is 0 Å². The van der Waals surface area contributed by atoms with E-state index in [9.17, 15) is 4.79 Å².